The lowest BCUT2D eigenvalue weighted by Crippen LogP contribution is -2.53. The van der Waals surface area contributed by atoms with Crippen LogP contribution in [-0.4, -0.2) is 56.3 Å². The molecule has 1 aliphatic heterocycles. The van der Waals surface area contributed by atoms with E-state index in [0.29, 0.717) is 5.39 Å². The fourth-order valence-corrected chi connectivity index (χ4v) is 6.48. The first-order valence-electron chi connectivity index (χ1n) is 14.8. The Kier molecular flexibility index (Phi) is 8.59. The first-order valence-corrected chi connectivity index (χ1v) is 15.1. The van der Waals surface area contributed by atoms with Gasteiger partial charge in [0.15, 0.2) is 5.82 Å². The van der Waals surface area contributed by atoms with Gasteiger partial charge in [0.1, 0.15) is 29.6 Å². The molecular formula is C32H29ClF3N7O3. The number of aromatic amines is 1. The molecule has 3 N–H and O–H groups in total. The van der Waals surface area contributed by atoms with E-state index in [2.05, 4.69) is 20.5 Å². The molecule has 1 unspecified atom stereocenters. The summed E-state index contributed by atoms with van der Waals surface area (Å²) in [4.78, 5) is 35.9. The third-order valence-corrected chi connectivity index (χ3v) is 8.89. The van der Waals surface area contributed by atoms with Crippen molar-refractivity contribution in [1.29, 1.82) is 5.26 Å². The van der Waals surface area contributed by atoms with E-state index in [9.17, 15) is 28.7 Å². The Morgan fingerprint density at radius 1 is 1.15 bits per heavy atom. The summed E-state index contributed by atoms with van der Waals surface area (Å²) < 4.78 is 43.3. The zero-order valence-corrected chi connectivity index (χ0v) is 25.1. The highest BCUT2D eigenvalue weighted by Crippen LogP contribution is 2.39. The van der Waals surface area contributed by atoms with E-state index in [-0.39, 0.29) is 58.9 Å². The molecule has 2 amide bonds. The number of amides is 2. The van der Waals surface area contributed by atoms with Crippen molar-refractivity contribution in [1.82, 2.24) is 20.5 Å². The van der Waals surface area contributed by atoms with Gasteiger partial charge in [0, 0.05) is 46.7 Å². The van der Waals surface area contributed by atoms with Gasteiger partial charge in [-0.25, -0.2) is 18.2 Å². The number of nitrogens with zero attached hydrogens (tertiary/aromatic N) is 5. The second-order valence-electron chi connectivity index (χ2n) is 11.5. The van der Waals surface area contributed by atoms with E-state index >= 15 is 4.39 Å². The molecule has 2 fully saturated rings. The highest BCUT2D eigenvalue weighted by atomic mass is 35.5. The number of fused-ring (bicyclic) bond motifs is 1. The molecule has 1 saturated carbocycles. The van der Waals surface area contributed by atoms with Crippen molar-refractivity contribution >= 4 is 45.8 Å². The predicted octanol–water partition coefficient (Wildman–Crippen LogP) is 5.38. The monoisotopic (exact) mass is 651 g/mol. The number of hydrogen-bond donors (Lipinski definition) is 3. The molecule has 1 saturated heterocycles. The predicted molar refractivity (Wildman–Crippen MR) is 164 cm³/mol. The number of nitriles is 1. The van der Waals surface area contributed by atoms with E-state index in [1.54, 1.807) is 24.3 Å². The Bertz CT molecular complexity index is 1820. The molecule has 46 heavy (non-hydrogen) atoms. The number of aliphatic hydroxyl groups excluding tert-OH is 1. The van der Waals surface area contributed by atoms with Crippen LogP contribution in [0.25, 0.3) is 10.9 Å². The van der Waals surface area contributed by atoms with Crippen molar-refractivity contribution < 1.29 is 27.9 Å². The van der Waals surface area contributed by atoms with Gasteiger partial charge in [-0.3, -0.25) is 19.6 Å². The molecule has 6 rings (SSSR count). The van der Waals surface area contributed by atoms with E-state index in [1.165, 1.54) is 35.5 Å². The molecule has 10 nitrogen and oxygen atoms in total. The summed E-state index contributed by atoms with van der Waals surface area (Å²) in [5, 5.41) is 30.2. The largest absolute Gasteiger partial charge is 0.374 e. The molecule has 0 bridgehead atoms. The number of aromatic nitrogens is 3. The van der Waals surface area contributed by atoms with Crippen LogP contribution >= 0.6 is 11.6 Å². The topological polar surface area (TPSA) is 138 Å². The van der Waals surface area contributed by atoms with Crippen molar-refractivity contribution in [3.05, 3.63) is 82.9 Å². The summed E-state index contributed by atoms with van der Waals surface area (Å²) in [5.41, 5.74) is 0.574. The fourth-order valence-electron chi connectivity index (χ4n) is 6.24. The minimum Gasteiger partial charge on any atom is -0.374 e. The molecule has 2 aromatic carbocycles. The smallest absolute Gasteiger partial charge is 0.250 e. The van der Waals surface area contributed by atoms with Gasteiger partial charge in [-0.1, -0.05) is 29.8 Å². The molecule has 2 aliphatic rings. The van der Waals surface area contributed by atoms with Crippen LogP contribution in [0.3, 0.4) is 0 Å². The first kappa shape index (κ1) is 31.3. The van der Waals surface area contributed by atoms with Crippen LogP contribution in [0, 0.1) is 17.1 Å². The number of benzene rings is 2. The molecule has 1 aliphatic carbocycles. The van der Waals surface area contributed by atoms with Gasteiger partial charge in [0.05, 0.1) is 17.8 Å². The van der Waals surface area contributed by atoms with Gasteiger partial charge >= 0.3 is 0 Å². The zero-order valence-electron chi connectivity index (χ0n) is 24.3. The van der Waals surface area contributed by atoms with Crippen molar-refractivity contribution in [3.8, 4) is 6.07 Å². The Morgan fingerprint density at radius 2 is 1.91 bits per heavy atom. The van der Waals surface area contributed by atoms with Crippen LogP contribution in [0.1, 0.15) is 55.7 Å². The van der Waals surface area contributed by atoms with Crippen LogP contribution in [0.2, 0.25) is 5.02 Å². The second-order valence-corrected chi connectivity index (χ2v) is 11.9. The number of anilines is 2. The highest BCUT2D eigenvalue weighted by Gasteiger charge is 2.45. The van der Waals surface area contributed by atoms with Gasteiger partial charge in [0.2, 0.25) is 11.8 Å². The Morgan fingerprint density at radius 3 is 2.65 bits per heavy atom. The minimum atomic E-state index is -2.83. The first-order chi connectivity index (χ1) is 22.1. The Balaban J connectivity index is 1.48. The Hall–Kier alpha value is -4.67. The third-order valence-electron chi connectivity index (χ3n) is 8.55. The van der Waals surface area contributed by atoms with Crippen molar-refractivity contribution in [2.45, 2.75) is 68.8 Å². The SMILES string of the molecule is N#Cc1ccnc(N2C(O)CC[C@H]2C(=O)N(c2cc(F)c3[nH]ncc3c2)[C@H](C(=O)NC2CCC(F)(F)CC2)c2ccccc2Cl)c1. The Labute approximate surface area is 266 Å². The number of pyridine rings is 1. The quantitative estimate of drug-likeness (QED) is 0.244. The maximum absolute atomic E-state index is 15.5. The molecule has 14 heteroatoms. The van der Waals surface area contributed by atoms with Crippen LogP contribution in [-0.2, 0) is 9.59 Å². The maximum Gasteiger partial charge on any atom is 0.250 e. The summed E-state index contributed by atoms with van der Waals surface area (Å²) in [6, 6.07) is 10.8. The maximum atomic E-state index is 15.5. The molecule has 2 aromatic heterocycles. The third kappa shape index (κ3) is 6.10. The van der Waals surface area contributed by atoms with E-state index in [1.807, 2.05) is 6.07 Å². The number of carbonyl (C=O) groups is 2. The van der Waals surface area contributed by atoms with Crippen LogP contribution in [0.4, 0.5) is 24.7 Å². The number of rotatable bonds is 7. The number of hydrogen-bond acceptors (Lipinski definition) is 7. The number of H-pyrrole nitrogens is 1. The van der Waals surface area contributed by atoms with Gasteiger partial charge in [-0.15, -0.1) is 0 Å². The van der Waals surface area contributed by atoms with Gasteiger partial charge in [-0.05, 0) is 56.0 Å². The highest BCUT2D eigenvalue weighted by molar-refractivity contribution is 6.31. The summed E-state index contributed by atoms with van der Waals surface area (Å²) in [5.74, 6) is -4.77. The summed E-state index contributed by atoms with van der Waals surface area (Å²) in [6.07, 6.45) is 1.17. The van der Waals surface area contributed by atoms with Crippen LogP contribution in [0.5, 0.6) is 0 Å². The summed E-state index contributed by atoms with van der Waals surface area (Å²) in [7, 11) is 0. The standard InChI is InChI=1S/C32H29ClF3N7O3/c33-23-4-2-1-3-22(23)29(30(45)40-20-7-10-32(35,36)11-8-20)42(21-14-19-17-39-41-28(19)24(34)15-21)31(46)25-5-6-27(44)43(25)26-13-18(16-37)9-12-38-26/h1-4,9,12-15,17,20,25,27,29,44H,5-8,10-11H2,(H,39,41)(H,40,45)/t25-,27?,29-/m0/s1. The zero-order chi connectivity index (χ0) is 32.6. The van der Waals surface area contributed by atoms with Gasteiger partial charge < -0.3 is 15.3 Å². The molecule has 0 spiro atoms. The lowest BCUT2D eigenvalue weighted by molar-refractivity contribution is -0.128. The van der Waals surface area contributed by atoms with Crippen LogP contribution in [0.15, 0.2) is 60.9 Å². The molecule has 3 heterocycles. The number of halogens is 4. The molecular weight excluding hydrogens is 623 g/mol. The van der Waals surface area contributed by atoms with Crippen molar-refractivity contribution in [2.24, 2.45) is 0 Å². The molecule has 4 aromatic rings. The van der Waals surface area contributed by atoms with Crippen LogP contribution < -0.4 is 15.1 Å². The van der Waals surface area contributed by atoms with E-state index in [0.717, 1.165) is 11.0 Å². The number of aliphatic hydroxyl groups is 1. The average molecular weight is 652 g/mol. The number of carbonyl (C=O) groups excluding carboxylic acids is 2. The second kappa shape index (κ2) is 12.6. The van der Waals surface area contributed by atoms with Gasteiger partial charge in [-0.2, -0.15) is 10.4 Å². The number of nitrogens with one attached hydrogen (secondary N) is 2. The summed E-state index contributed by atoms with van der Waals surface area (Å²) >= 11 is 6.63. The van der Waals surface area contributed by atoms with E-state index < -0.39 is 60.7 Å². The lowest BCUT2D eigenvalue weighted by Gasteiger charge is -2.38. The minimum absolute atomic E-state index is 0.00622. The van der Waals surface area contributed by atoms with Gasteiger partial charge in [0.25, 0.3) is 5.91 Å². The summed E-state index contributed by atoms with van der Waals surface area (Å²) in [6.45, 7) is 0. The van der Waals surface area contributed by atoms with Crippen molar-refractivity contribution in [3.63, 3.8) is 0 Å². The molecule has 3 atom stereocenters. The van der Waals surface area contributed by atoms with E-state index in [4.69, 9.17) is 11.6 Å². The average Bonchev–Trinajstić information content (AvgIpc) is 3.68. The normalized spacial score (nSPS) is 20.3. The molecule has 238 valence electrons. The number of alkyl halides is 2. The molecule has 0 radical (unpaired) electrons. The van der Waals surface area contributed by atoms with Crippen molar-refractivity contribution in [2.75, 3.05) is 9.80 Å². The lowest BCUT2D eigenvalue weighted by atomic mass is 9.91. The fraction of sp³-hybridized carbons (Fsp3) is 0.344.